The summed E-state index contributed by atoms with van der Waals surface area (Å²) in [5.41, 5.74) is 1.56. The lowest BCUT2D eigenvalue weighted by molar-refractivity contribution is 0.0784. The SMILES string of the molecule is CN(Cc1nc2ccccc2s1)C(=O)c1ccc2c(c1)OCCO2. The van der Waals surface area contributed by atoms with E-state index in [9.17, 15) is 4.79 Å². The number of fused-ring (bicyclic) bond motifs is 2. The molecule has 2 heterocycles. The van der Waals surface area contributed by atoms with Gasteiger partial charge in [0.1, 0.15) is 18.2 Å². The Morgan fingerprint density at radius 2 is 1.96 bits per heavy atom. The quantitative estimate of drug-likeness (QED) is 0.734. The van der Waals surface area contributed by atoms with Crippen LogP contribution in [0.15, 0.2) is 42.5 Å². The number of carbonyl (C=O) groups is 1. The smallest absolute Gasteiger partial charge is 0.254 e. The van der Waals surface area contributed by atoms with Crippen LogP contribution >= 0.6 is 11.3 Å². The van der Waals surface area contributed by atoms with Crippen molar-refractivity contribution in [3.63, 3.8) is 0 Å². The number of hydrogen-bond donors (Lipinski definition) is 0. The highest BCUT2D eigenvalue weighted by Gasteiger charge is 2.18. The zero-order valence-electron chi connectivity index (χ0n) is 13.2. The molecule has 1 aromatic heterocycles. The molecule has 0 saturated carbocycles. The second-order valence-corrected chi connectivity index (χ2v) is 6.71. The van der Waals surface area contributed by atoms with E-state index < -0.39 is 0 Å². The molecule has 0 bridgehead atoms. The number of thiazole rings is 1. The molecule has 24 heavy (non-hydrogen) atoms. The maximum absolute atomic E-state index is 12.7. The fourth-order valence-electron chi connectivity index (χ4n) is 2.66. The largest absolute Gasteiger partial charge is 0.486 e. The van der Waals surface area contributed by atoms with Crippen LogP contribution in [0.2, 0.25) is 0 Å². The van der Waals surface area contributed by atoms with Crippen LogP contribution in [-0.4, -0.2) is 36.1 Å². The summed E-state index contributed by atoms with van der Waals surface area (Å²) in [5.74, 6) is 1.25. The minimum absolute atomic E-state index is 0.0637. The summed E-state index contributed by atoms with van der Waals surface area (Å²) < 4.78 is 12.2. The topological polar surface area (TPSA) is 51.7 Å². The van der Waals surface area contributed by atoms with Crippen LogP contribution in [0.5, 0.6) is 11.5 Å². The summed E-state index contributed by atoms with van der Waals surface area (Å²) in [6.07, 6.45) is 0. The van der Waals surface area contributed by atoms with Crippen molar-refractivity contribution < 1.29 is 14.3 Å². The number of carbonyl (C=O) groups excluding carboxylic acids is 1. The lowest BCUT2D eigenvalue weighted by atomic mass is 10.1. The number of hydrogen-bond acceptors (Lipinski definition) is 5. The zero-order chi connectivity index (χ0) is 16.5. The van der Waals surface area contributed by atoms with Gasteiger partial charge in [0.2, 0.25) is 0 Å². The van der Waals surface area contributed by atoms with Crippen LogP contribution in [0, 0.1) is 0 Å². The Bertz CT molecular complexity index is 873. The van der Waals surface area contributed by atoms with Gasteiger partial charge < -0.3 is 14.4 Å². The standard InChI is InChI=1S/C18H16N2O3S/c1-20(11-17-19-13-4-2-3-5-16(13)24-17)18(21)12-6-7-14-15(10-12)23-9-8-22-14/h2-7,10H,8-9,11H2,1H3. The first-order valence-corrected chi connectivity index (χ1v) is 8.52. The summed E-state index contributed by atoms with van der Waals surface area (Å²) >= 11 is 1.61. The van der Waals surface area contributed by atoms with Gasteiger partial charge in [-0.1, -0.05) is 12.1 Å². The molecule has 0 N–H and O–H groups in total. The fraction of sp³-hybridized carbons (Fsp3) is 0.222. The average molecular weight is 340 g/mol. The van der Waals surface area contributed by atoms with Crippen LogP contribution in [0.1, 0.15) is 15.4 Å². The number of nitrogens with zero attached hydrogens (tertiary/aromatic N) is 2. The first kappa shape index (κ1) is 15.0. The molecule has 3 aromatic rings. The minimum Gasteiger partial charge on any atom is -0.486 e. The van der Waals surface area contributed by atoms with Crippen LogP contribution in [-0.2, 0) is 6.54 Å². The van der Waals surface area contributed by atoms with Gasteiger partial charge in [0.05, 0.1) is 16.8 Å². The molecule has 1 amide bonds. The molecule has 6 heteroatoms. The van der Waals surface area contributed by atoms with Crippen LogP contribution < -0.4 is 9.47 Å². The predicted molar refractivity (Wildman–Crippen MR) is 92.8 cm³/mol. The predicted octanol–water partition coefficient (Wildman–Crippen LogP) is 3.34. The van der Waals surface area contributed by atoms with E-state index in [-0.39, 0.29) is 5.91 Å². The van der Waals surface area contributed by atoms with E-state index in [0.29, 0.717) is 36.8 Å². The van der Waals surface area contributed by atoms with Crippen molar-refractivity contribution in [2.24, 2.45) is 0 Å². The third kappa shape index (κ3) is 2.80. The molecule has 0 fully saturated rings. The lowest BCUT2D eigenvalue weighted by Gasteiger charge is -2.20. The van der Waals surface area contributed by atoms with Crippen molar-refractivity contribution in [2.75, 3.05) is 20.3 Å². The maximum atomic E-state index is 12.7. The van der Waals surface area contributed by atoms with Gasteiger partial charge in [-0.25, -0.2) is 4.98 Å². The normalized spacial score (nSPS) is 13.0. The van der Waals surface area contributed by atoms with Crippen molar-refractivity contribution in [3.05, 3.63) is 53.0 Å². The monoisotopic (exact) mass is 340 g/mol. The van der Waals surface area contributed by atoms with Gasteiger partial charge in [0, 0.05) is 12.6 Å². The summed E-state index contributed by atoms with van der Waals surface area (Å²) in [6, 6.07) is 13.3. The molecule has 5 nitrogen and oxygen atoms in total. The Balaban J connectivity index is 1.53. The lowest BCUT2D eigenvalue weighted by Crippen LogP contribution is -2.26. The van der Waals surface area contributed by atoms with Crippen molar-refractivity contribution in [3.8, 4) is 11.5 Å². The molecule has 1 aliphatic heterocycles. The van der Waals surface area contributed by atoms with Crippen molar-refractivity contribution >= 4 is 27.5 Å². The van der Waals surface area contributed by atoms with Gasteiger partial charge in [0.25, 0.3) is 5.91 Å². The van der Waals surface area contributed by atoms with Crippen molar-refractivity contribution in [1.82, 2.24) is 9.88 Å². The molecule has 4 rings (SSSR count). The Morgan fingerprint density at radius 3 is 2.79 bits per heavy atom. The number of rotatable bonds is 3. The second kappa shape index (κ2) is 6.13. The van der Waals surface area contributed by atoms with E-state index in [2.05, 4.69) is 4.98 Å². The molecule has 0 aliphatic carbocycles. The number of amides is 1. The molecular weight excluding hydrogens is 324 g/mol. The highest BCUT2D eigenvalue weighted by atomic mass is 32.1. The van der Waals surface area contributed by atoms with Crippen molar-refractivity contribution in [2.45, 2.75) is 6.54 Å². The summed E-state index contributed by atoms with van der Waals surface area (Å²) in [4.78, 5) is 18.9. The van der Waals surface area contributed by atoms with E-state index in [1.54, 1.807) is 41.5 Å². The Kier molecular flexibility index (Phi) is 3.82. The second-order valence-electron chi connectivity index (χ2n) is 5.59. The van der Waals surface area contributed by atoms with Gasteiger partial charge in [0.15, 0.2) is 11.5 Å². The van der Waals surface area contributed by atoms with Crippen LogP contribution in [0.25, 0.3) is 10.2 Å². The summed E-state index contributed by atoms with van der Waals surface area (Å²) in [6.45, 7) is 1.52. The van der Waals surface area contributed by atoms with Gasteiger partial charge in [-0.3, -0.25) is 4.79 Å². The summed E-state index contributed by atoms with van der Waals surface area (Å²) in [7, 11) is 1.78. The number of benzene rings is 2. The zero-order valence-corrected chi connectivity index (χ0v) is 14.0. The number of para-hydroxylation sites is 1. The third-order valence-corrected chi connectivity index (χ3v) is 4.87. The van der Waals surface area contributed by atoms with Crippen LogP contribution in [0.3, 0.4) is 0 Å². The van der Waals surface area contributed by atoms with Crippen molar-refractivity contribution in [1.29, 1.82) is 0 Å². The number of ether oxygens (including phenoxy) is 2. The molecule has 0 atom stereocenters. The number of aromatic nitrogens is 1. The highest BCUT2D eigenvalue weighted by Crippen LogP contribution is 2.31. The van der Waals surface area contributed by atoms with E-state index in [1.807, 2.05) is 24.3 Å². The minimum atomic E-state index is -0.0637. The average Bonchev–Trinajstić information content (AvgIpc) is 3.02. The van der Waals surface area contributed by atoms with Gasteiger partial charge in [-0.2, -0.15) is 0 Å². The first-order valence-electron chi connectivity index (χ1n) is 7.70. The molecule has 0 spiro atoms. The molecule has 122 valence electrons. The molecule has 1 aliphatic rings. The first-order chi connectivity index (χ1) is 11.7. The van der Waals surface area contributed by atoms with E-state index in [1.165, 1.54) is 0 Å². The van der Waals surface area contributed by atoms with E-state index >= 15 is 0 Å². The molecular formula is C18H16N2O3S. The van der Waals surface area contributed by atoms with Gasteiger partial charge >= 0.3 is 0 Å². The van der Waals surface area contributed by atoms with Crippen LogP contribution in [0.4, 0.5) is 0 Å². The summed E-state index contributed by atoms with van der Waals surface area (Å²) in [5, 5.41) is 0.921. The molecule has 0 unspecified atom stereocenters. The Hall–Kier alpha value is -2.60. The maximum Gasteiger partial charge on any atom is 0.254 e. The fourth-order valence-corrected chi connectivity index (χ4v) is 3.68. The Morgan fingerprint density at radius 1 is 1.17 bits per heavy atom. The molecule has 0 saturated heterocycles. The third-order valence-electron chi connectivity index (χ3n) is 3.85. The van der Waals surface area contributed by atoms with Gasteiger partial charge in [-0.05, 0) is 30.3 Å². The molecule has 0 radical (unpaired) electrons. The van der Waals surface area contributed by atoms with Gasteiger partial charge in [-0.15, -0.1) is 11.3 Å². The Labute approximate surface area is 143 Å². The van der Waals surface area contributed by atoms with E-state index in [0.717, 1.165) is 15.2 Å². The highest BCUT2D eigenvalue weighted by molar-refractivity contribution is 7.18. The molecule has 2 aromatic carbocycles. The van der Waals surface area contributed by atoms with E-state index in [4.69, 9.17) is 9.47 Å².